The predicted molar refractivity (Wildman–Crippen MR) is 82.3 cm³/mol. The Labute approximate surface area is 120 Å². The molecule has 0 heterocycles. The number of hydrogen-bond acceptors (Lipinski definition) is 1. The molecule has 2 aromatic carbocycles. The molecule has 0 bridgehead atoms. The number of nitrogens with two attached hydrogens (primary N) is 1. The zero-order valence-electron chi connectivity index (χ0n) is 12.4. The molecule has 0 amide bonds. The lowest BCUT2D eigenvalue weighted by Crippen LogP contribution is -2.22. The topological polar surface area (TPSA) is 26.0 Å². The number of benzene rings is 2. The van der Waals surface area contributed by atoms with Crippen LogP contribution in [0.5, 0.6) is 0 Å². The number of rotatable bonds is 4. The first-order valence-electron chi connectivity index (χ1n) is 7.11. The van der Waals surface area contributed by atoms with E-state index in [0.717, 1.165) is 17.5 Å². The van der Waals surface area contributed by atoms with Crippen LogP contribution in [0, 0.1) is 19.7 Å². The molecule has 0 aliphatic rings. The summed E-state index contributed by atoms with van der Waals surface area (Å²) in [6.45, 7) is 5.93. The van der Waals surface area contributed by atoms with Crippen molar-refractivity contribution in [3.05, 3.63) is 70.5 Å². The highest BCUT2D eigenvalue weighted by molar-refractivity contribution is 5.37. The van der Waals surface area contributed by atoms with Gasteiger partial charge in [0.1, 0.15) is 5.82 Å². The number of hydrogen-bond donors (Lipinski definition) is 1. The maximum absolute atomic E-state index is 14.3. The minimum atomic E-state index is -0.317. The molecule has 2 unspecified atom stereocenters. The molecule has 2 atom stereocenters. The van der Waals surface area contributed by atoms with Crippen LogP contribution in [0.4, 0.5) is 4.39 Å². The van der Waals surface area contributed by atoms with Crippen LogP contribution in [0.3, 0.4) is 0 Å². The molecule has 0 radical (unpaired) electrons. The summed E-state index contributed by atoms with van der Waals surface area (Å²) in [6, 6.07) is 13.4. The Hall–Kier alpha value is -1.67. The predicted octanol–water partition coefficient (Wildman–Crippen LogP) is 4.64. The summed E-state index contributed by atoms with van der Waals surface area (Å²) < 4.78 is 14.3. The standard InChI is InChI=1S/C18H22FN/c1-4-15(14-8-6-5-7-9-14)18(20)17-13(3)10-12(2)11-16(17)19/h5-11,15,18H,4,20H2,1-3H3. The second-order valence-corrected chi connectivity index (χ2v) is 5.43. The normalized spacial score (nSPS) is 14.1. The summed E-state index contributed by atoms with van der Waals surface area (Å²) in [5, 5.41) is 0. The van der Waals surface area contributed by atoms with Gasteiger partial charge in [0.05, 0.1) is 0 Å². The van der Waals surface area contributed by atoms with E-state index in [1.165, 1.54) is 5.56 Å². The van der Waals surface area contributed by atoms with Gasteiger partial charge in [-0.2, -0.15) is 0 Å². The fourth-order valence-electron chi connectivity index (χ4n) is 2.95. The Balaban J connectivity index is 2.42. The molecule has 106 valence electrons. The largest absolute Gasteiger partial charge is 0.323 e. The van der Waals surface area contributed by atoms with Crippen LogP contribution in [0.2, 0.25) is 0 Å². The third kappa shape index (κ3) is 2.91. The van der Waals surface area contributed by atoms with Gasteiger partial charge in [0.25, 0.3) is 0 Å². The van der Waals surface area contributed by atoms with E-state index in [1.54, 1.807) is 6.07 Å². The fraction of sp³-hybridized carbons (Fsp3) is 0.333. The van der Waals surface area contributed by atoms with Crippen molar-refractivity contribution in [3.8, 4) is 0 Å². The quantitative estimate of drug-likeness (QED) is 0.861. The van der Waals surface area contributed by atoms with E-state index in [4.69, 9.17) is 5.73 Å². The Morgan fingerprint density at radius 2 is 1.75 bits per heavy atom. The molecule has 0 saturated carbocycles. The molecule has 20 heavy (non-hydrogen) atoms. The van der Waals surface area contributed by atoms with Crippen molar-refractivity contribution in [1.82, 2.24) is 0 Å². The SMILES string of the molecule is CCC(c1ccccc1)C(N)c1c(C)cc(C)cc1F. The van der Waals surface area contributed by atoms with E-state index in [9.17, 15) is 4.39 Å². The van der Waals surface area contributed by atoms with E-state index < -0.39 is 0 Å². The number of halogens is 1. The summed E-state index contributed by atoms with van der Waals surface area (Å²) in [5.41, 5.74) is 10.1. The average Bonchev–Trinajstić information content (AvgIpc) is 2.39. The molecule has 0 fully saturated rings. The minimum Gasteiger partial charge on any atom is -0.323 e. The Morgan fingerprint density at radius 3 is 2.30 bits per heavy atom. The third-order valence-electron chi connectivity index (χ3n) is 3.92. The molecule has 0 saturated heterocycles. The van der Waals surface area contributed by atoms with Crippen LogP contribution in [0.15, 0.2) is 42.5 Å². The van der Waals surface area contributed by atoms with Crippen molar-refractivity contribution in [3.63, 3.8) is 0 Å². The zero-order chi connectivity index (χ0) is 14.7. The second-order valence-electron chi connectivity index (χ2n) is 5.43. The molecule has 0 aliphatic heterocycles. The molecular weight excluding hydrogens is 249 g/mol. The molecule has 0 spiro atoms. The van der Waals surface area contributed by atoms with E-state index >= 15 is 0 Å². The lowest BCUT2D eigenvalue weighted by atomic mass is 9.83. The molecule has 2 N–H and O–H groups in total. The van der Waals surface area contributed by atoms with Crippen molar-refractivity contribution >= 4 is 0 Å². The minimum absolute atomic E-state index is 0.132. The fourth-order valence-corrected chi connectivity index (χ4v) is 2.95. The Bertz CT molecular complexity index is 554. The van der Waals surface area contributed by atoms with Crippen molar-refractivity contribution in [1.29, 1.82) is 0 Å². The Morgan fingerprint density at radius 1 is 1.10 bits per heavy atom. The highest BCUT2D eigenvalue weighted by Gasteiger charge is 2.24. The van der Waals surface area contributed by atoms with Crippen LogP contribution >= 0.6 is 0 Å². The summed E-state index contributed by atoms with van der Waals surface area (Å²) in [4.78, 5) is 0. The summed E-state index contributed by atoms with van der Waals surface area (Å²) in [5.74, 6) is -0.0588. The van der Waals surface area contributed by atoms with E-state index in [-0.39, 0.29) is 17.8 Å². The van der Waals surface area contributed by atoms with E-state index in [1.807, 2.05) is 38.1 Å². The van der Waals surface area contributed by atoms with E-state index in [0.29, 0.717) is 5.56 Å². The molecule has 2 aromatic rings. The van der Waals surface area contributed by atoms with Gasteiger partial charge < -0.3 is 5.73 Å². The van der Waals surface area contributed by atoms with E-state index in [2.05, 4.69) is 19.1 Å². The first kappa shape index (κ1) is 14.7. The first-order chi connectivity index (χ1) is 9.54. The van der Waals surface area contributed by atoms with Gasteiger partial charge in [-0.15, -0.1) is 0 Å². The van der Waals surface area contributed by atoms with Gasteiger partial charge in [0, 0.05) is 17.5 Å². The highest BCUT2D eigenvalue weighted by Crippen LogP contribution is 2.34. The number of aryl methyl sites for hydroxylation is 2. The smallest absolute Gasteiger partial charge is 0.128 e. The van der Waals surface area contributed by atoms with Crippen molar-refractivity contribution in [2.45, 2.75) is 39.2 Å². The highest BCUT2D eigenvalue weighted by atomic mass is 19.1. The van der Waals surface area contributed by atoms with Crippen molar-refractivity contribution in [2.24, 2.45) is 5.73 Å². The third-order valence-corrected chi connectivity index (χ3v) is 3.92. The maximum atomic E-state index is 14.3. The maximum Gasteiger partial charge on any atom is 0.128 e. The van der Waals surface area contributed by atoms with Gasteiger partial charge in [-0.05, 0) is 43.0 Å². The van der Waals surface area contributed by atoms with Gasteiger partial charge in [-0.1, -0.05) is 43.3 Å². The second kappa shape index (κ2) is 6.19. The molecule has 1 nitrogen and oxygen atoms in total. The molecule has 0 aromatic heterocycles. The summed E-state index contributed by atoms with van der Waals surface area (Å²) in [6.07, 6.45) is 0.887. The van der Waals surface area contributed by atoms with Gasteiger partial charge in [0.2, 0.25) is 0 Å². The van der Waals surface area contributed by atoms with Crippen LogP contribution in [-0.4, -0.2) is 0 Å². The lowest BCUT2D eigenvalue weighted by Gasteiger charge is -2.25. The van der Waals surface area contributed by atoms with Crippen LogP contribution in [-0.2, 0) is 0 Å². The van der Waals surface area contributed by atoms with Gasteiger partial charge >= 0.3 is 0 Å². The molecule has 0 aliphatic carbocycles. The zero-order valence-corrected chi connectivity index (χ0v) is 12.4. The summed E-state index contributed by atoms with van der Waals surface area (Å²) in [7, 11) is 0. The lowest BCUT2D eigenvalue weighted by molar-refractivity contribution is 0.503. The van der Waals surface area contributed by atoms with Crippen molar-refractivity contribution < 1.29 is 4.39 Å². The van der Waals surface area contributed by atoms with Crippen LogP contribution in [0.1, 0.15) is 47.6 Å². The molecular formula is C18H22FN. The molecule has 2 rings (SSSR count). The average molecular weight is 271 g/mol. The summed E-state index contributed by atoms with van der Waals surface area (Å²) >= 11 is 0. The van der Waals surface area contributed by atoms with Gasteiger partial charge in [-0.3, -0.25) is 0 Å². The van der Waals surface area contributed by atoms with Gasteiger partial charge in [-0.25, -0.2) is 4.39 Å². The monoisotopic (exact) mass is 271 g/mol. The Kier molecular flexibility index (Phi) is 4.56. The van der Waals surface area contributed by atoms with Crippen LogP contribution in [0.25, 0.3) is 0 Å². The van der Waals surface area contributed by atoms with Crippen LogP contribution < -0.4 is 5.73 Å². The van der Waals surface area contributed by atoms with Gasteiger partial charge in [0.15, 0.2) is 0 Å². The first-order valence-corrected chi connectivity index (χ1v) is 7.11. The van der Waals surface area contributed by atoms with Crippen molar-refractivity contribution in [2.75, 3.05) is 0 Å². The molecule has 2 heteroatoms.